The average Bonchev–Trinajstić information content (AvgIpc) is 2.76. The van der Waals surface area contributed by atoms with Gasteiger partial charge in [-0.15, -0.1) is 0 Å². The second-order valence-corrected chi connectivity index (χ2v) is 10.1. The van der Waals surface area contributed by atoms with Gasteiger partial charge in [0.25, 0.3) is 0 Å². The smallest absolute Gasteiger partial charge is 0.123 e. The molecule has 0 bridgehead atoms. The van der Waals surface area contributed by atoms with Gasteiger partial charge >= 0.3 is 0 Å². The summed E-state index contributed by atoms with van der Waals surface area (Å²) < 4.78 is 6.50. The predicted octanol–water partition coefficient (Wildman–Crippen LogP) is 8.81. The maximum atomic E-state index is 6.50. The maximum absolute atomic E-state index is 6.50. The molecule has 0 spiro atoms. The SMILES string of the molecule is CCCCCCC(C)(C)c1ccc([C@H]2CCCC[C@@H]2C)c(OCc2ccccc2)c1. The van der Waals surface area contributed by atoms with Crippen LogP contribution in [0.5, 0.6) is 5.75 Å². The van der Waals surface area contributed by atoms with Gasteiger partial charge in [-0.3, -0.25) is 0 Å². The van der Waals surface area contributed by atoms with Gasteiger partial charge in [0.1, 0.15) is 12.4 Å². The Bertz CT molecular complexity index is 761. The fraction of sp³-hybridized carbons (Fsp3) is 0.586. The van der Waals surface area contributed by atoms with Crippen molar-refractivity contribution in [3.63, 3.8) is 0 Å². The summed E-state index contributed by atoms with van der Waals surface area (Å²) in [4.78, 5) is 0. The molecular weight excluding hydrogens is 364 g/mol. The molecule has 0 saturated heterocycles. The van der Waals surface area contributed by atoms with E-state index in [4.69, 9.17) is 4.74 Å². The Kier molecular flexibility index (Phi) is 8.42. The highest BCUT2D eigenvalue weighted by atomic mass is 16.5. The summed E-state index contributed by atoms with van der Waals surface area (Å²) in [5, 5.41) is 0. The minimum atomic E-state index is 0.190. The van der Waals surface area contributed by atoms with Crippen LogP contribution in [0.4, 0.5) is 0 Å². The number of ether oxygens (including phenoxy) is 1. The largest absolute Gasteiger partial charge is 0.489 e. The summed E-state index contributed by atoms with van der Waals surface area (Å²) in [6.07, 6.45) is 11.9. The van der Waals surface area contributed by atoms with Gasteiger partial charge in [0.05, 0.1) is 0 Å². The van der Waals surface area contributed by atoms with Crippen molar-refractivity contribution in [1.29, 1.82) is 0 Å². The van der Waals surface area contributed by atoms with Crippen molar-refractivity contribution < 1.29 is 4.74 Å². The molecule has 0 unspecified atom stereocenters. The maximum Gasteiger partial charge on any atom is 0.123 e. The van der Waals surface area contributed by atoms with Gasteiger partial charge in [-0.1, -0.05) is 115 Å². The molecule has 2 aromatic rings. The average molecular weight is 407 g/mol. The summed E-state index contributed by atoms with van der Waals surface area (Å²) in [6, 6.07) is 17.7. The Morgan fingerprint density at radius 3 is 2.43 bits per heavy atom. The van der Waals surface area contributed by atoms with E-state index in [1.165, 1.54) is 74.5 Å². The van der Waals surface area contributed by atoms with Gasteiger partial charge in [0.2, 0.25) is 0 Å². The molecule has 1 aliphatic carbocycles. The molecule has 1 nitrogen and oxygen atoms in total. The molecular formula is C29H42O. The topological polar surface area (TPSA) is 9.23 Å². The lowest BCUT2D eigenvalue weighted by atomic mass is 9.74. The fourth-order valence-corrected chi connectivity index (χ4v) is 5.04. The van der Waals surface area contributed by atoms with E-state index >= 15 is 0 Å². The van der Waals surface area contributed by atoms with E-state index in [1.54, 1.807) is 0 Å². The number of hydrogen-bond acceptors (Lipinski definition) is 1. The third kappa shape index (κ3) is 6.13. The second kappa shape index (κ2) is 11.0. The normalized spacial score (nSPS) is 19.6. The number of unbranched alkanes of at least 4 members (excludes halogenated alkanes) is 3. The van der Waals surface area contributed by atoms with Crippen LogP contribution in [0, 0.1) is 5.92 Å². The lowest BCUT2D eigenvalue weighted by molar-refractivity contribution is 0.281. The van der Waals surface area contributed by atoms with Crippen LogP contribution in [-0.2, 0) is 12.0 Å². The summed E-state index contributed by atoms with van der Waals surface area (Å²) >= 11 is 0. The Morgan fingerprint density at radius 2 is 1.70 bits per heavy atom. The zero-order valence-corrected chi connectivity index (χ0v) is 19.8. The van der Waals surface area contributed by atoms with Crippen molar-refractivity contribution in [2.45, 2.75) is 103 Å². The zero-order chi connectivity index (χ0) is 21.4. The van der Waals surface area contributed by atoms with Crippen LogP contribution in [0.3, 0.4) is 0 Å². The van der Waals surface area contributed by atoms with Crippen LogP contribution in [0.25, 0.3) is 0 Å². The minimum absolute atomic E-state index is 0.190. The highest BCUT2D eigenvalue weighted by Crippen LogP contribution is 2.43. The van der Waals surface area contributed by atoms with Crippen LogP contribution >= 0.6 is 0 Å². The molecule has 0 aromatic heterocycles. The van der Waals surface area contributed by atoms with Gasteiger partial charge in [-0.25, -0.2) is 0 Å². The third-order valence-corrected chi connectivity index (χ3v) is 7.20. The van der Waals surface area contributed by atoms with E-state index in [2.05, 4.69) is 76.2 Å². The van der Waals surface area contributed by atoms with E-state index in [0.717, 1.165) is 11.7 Å². The summed E-state index contributed by atoms with van der Waals surface area (Å²) in [5.74, 6) is 2.49. The molecule has 164 valence electrons. The second-order valence-electron chi connectivity index (χ2n) is 10.1. The van der Waals surface area contributed by atoms with Crippen molar-refractivity contribution >= 4 is 0 Å². The Hall–Kier alpha value is -1.76. The first-order chi connectivity index (χ1) is 14.5. The Labute approximate surface area is 185 Å². The molecule has 0 radical (unpaired) electrons. The highest BCUT2D eigenvalue weighted by Gasteiger charge is 2.28. The van der Waals surface area contributed by atoms with Crippen molar-refractivity contribution in [3.8, 4) is 5.75 Å². The standard InChI is InChI=1S/C29H42O/c1-5-6-7-13-20-29(3,4)25-18-19-27(26-17-12-11-14-23(26)2)28(21-25)30-22-24-15-9-8-10-16-24/h8-10,15-16,18-19,21,23,26H,5-7,11-14,17,20,22H2,1-4H3/t23-,26-/m0/s1. The first-order valence-electron chi connectivity index (χ1n) is 12.3. The van der Waals surface area contributed by atoms with Crippen molar-refractivity contribution in [2.75, 3.05) is 0 Å². The Morgan fingerprint density at radius 1 is 0.933 bits per heavy atom. The van der Waals surface area contributed by atoms with Crippen molar-refractivity contribution in [1.82, 2.24) is 0 Å². The number of benzene rings is 2. The van der Waals surface area contributed by atoms with E-state index < -0.39 is 0 Å². The third-order valence-electron chi connectivity index (χ3n) is 7.20. The lowest BCUT2D eigenvalue weighted by Crippen LogP contribution is -2.19. The first-order valence-corrected chi connectivity index (χ1v) is 12.3. The first kappa shape index (κ1) is 22.9. The highest BCUT2D eigenvalue weighted by molar-refractivity contribution is 5.43. The predicted molar refractivity (Wildman–Crippen MR) is 129 cm³/mol. The van der Waals surface area contributed by atoms with E-state index in [0.29, 0.717) is 12.5 Å². The molecule has 0 amide bonds. The van der Waals surface area contributed by atoms with Crippen LogP contribution in [0.15, 0.2) is 48.5 Å². The molecule has 0 heterocycles. The van der Waals surface area contributed by atoms with Gasteiger partial charge in [0, 0.05) is 0 Å². The van der Waals surface area contributed by atoms with Crippen LogP contribution in [0.2, 0.25) is 0 Å². The lowest BCUT2D eigenvalue weighted by Gasteiger charge is -2.32. The summed E-state index contributed by atoms with van der Waals surface area (Å²) in [7, 11) is 0. The van der Waals surface area contributed by atoms with Gasteiger partial charge in [-0.2, -0.15) is 0 Å². The molecule has 30 heavy (non-hydrogen) atoms. The van der Waals surface area contributed by atoms with Crippen molar-refractivity contribution in [2.24, 2.45) is 5.92 Å². The van der Waals surface area contributed by atoms with Crippen molar-refractivity contribution in [3.05, 3.63) is 65.2 Å². The van der Waals surface area contributed by atoms with Crippen LogP contribution < -0.4 is 4.74 Å². The van der Waals surface area contributed by atoms with Gasteiger partial charge in [0.15, 0.2) is 0 Å². The number of rotatable bonds is 10. The molecule has 1 fully saturated rings. The zero-order valence-electron chi connectivity index (χ0n) is 19.8. The molecule has 3 rings (SSSR count). The van der Waals surface area contributed by atoms with Crippen LogP contribution in [0.1, 0.15) is 108 Å². The van der Waals surface area contributed by atoms with Crippen LogP contribution in [-0.4, -0.2) is 0 Å². The monoisotopic (exact) mass is 406 g/mol. The summed E-state index contributed by atoms with van der Waals surface area (Å²) in [6.45, 7) is 10.2. The summed E-state index contributed by atoms with van der Waals surface area (Å²) in [5.41, 5.74) is 4.29. The molecule has 0 N–H and O–H groups in total. The van der Waals surface area contributed by atoms with E-state index in [-0.39, 0.29) is 5.41 Å². The van der Waals surface area contributed by atoms with Gasteiger partial charge in [-0.05, 0) is 52.8 Å². The molecule has 0 aliphatic heterocycles. The van der Waals surface area contributed by atoms with Gasteiger partial charge < -0.3 is 4.74 Å². The molecule has 2 atom stereocenters. The van der Waals surface area contributed by atoms with E-state index in [9.17, 15) is 0 Å². The molecule has 2 aromatic carbocycles. The number of hydrogen-bond donors (Lipinski definition) is 0. The fourth-order valence-electron chi connectivity index (χ4n) is 5.04. The minimum Gasteiger partial charge on any atom is -0.489 e. The quantitative estimate of drug-likeness (QED) is 0.358. The molecule has 1 heteroatoms. The molecule has 1 saturated carbocycles. The Balaban J connectivity index is 1.83. The molecule has 1 aliphatic rings. The van der Waals surface area contributed by atoms with E-state index in [1.807, 2.05) is 0 Å².